The average Bonchev–Trinajstić information content (AvgIpc) is 2.91. The Morgan fingerprint density at radius 1 is 0.525 bits per heavy atom. The molecule has 0 heterocycles. The fraction of sp³-hybridized carbons (Fsp3) is 0.938. The van der Waals surface area contributed by atoms with E-state index in [0.717, 1.165) is 32.1 Å². The third-order valence-corrected chi connectivity index (χ3v) is 8.56. The fourth-order valence-corrected chi connectivity index (χ4v) is 5.52. The van der Waals surface area contributed by atoms with E-state index in [2.05, 4.69) is 13.8 Å². The van der Waals surface area contributed by atoms with E-state index in [9.17, 15) is 22.6 Å². The van der Waals surface area contributed by atoms with Gasteiger partial charge in [-0.3, -0.25) is 14.1 Å². The van der Waals surface area contributed by atoms with Crippen molar-refractivity contribution in [2.75, 3.05) is 13.2 Å². The molecule has 1 atom stereocenters. The van der Waals surface area contributed by atoms with E-state index in [1.165, 1.54) is 109 Å². The molecule has 0 rings (SSSR count). The largest absolute Gasteiger partial charge is 0.466 e. The summed E-state index contributed by atoms with van der Waals surface area (Å²) in [6.07, 6.45) is 27.7. The molecular weight excluding hydrogens is 528 g/mol. The van der Waals surface area contributed by atoms with Gasteiger partial charge in [0.25, 0.3) is 10.1 Å². The Labute approximate surface area is 246 Å². The van der Waals surface area contributed by atoms with Gasteiger partial charge in [0, 0.05) is 0 Å². The average molecular weight is 591 g/mol. The summed E-state index contributed by atoms with van der Waals surface area (Å²) < 4.78 is 42.9. The maximum Gasteiger partial charge on any atom is 0.327 e. The molecule has 0 saturated carbocycles. The minimum atomic E-state index is -4.76. The van der Waals surface area contributed by atoms with Crippen molar-refractivity contribution in [3.63, 3.8) is 0 Å². The Hall–Kier alpha value is -1.15. The Morgan fingerprint density at radius 2 is 0.825 bits per heavy atom. The molecule has 1 N–H and O–H groups in total. The number of rotatable bonds is 30. The van der Waals surface area contributed by atoms with Gasteiger partial charge in [0.05, 0.1) is 19.6 Å². The molecule has 0 aromatic rings. The molecule has 0 aromatic carbocycles. The Morgan fingerprint density at radius 3 is 1.15 bits per heavy atom. The van der Waals surface area contributed by atoms with Crippen molar-refractivity contribution in [2.24, 2.45) is 0 Å². The number of hydrogen-bond acceptors (Lipinski definition) is 6. The van der Waals surface area contributed by atoms with E-state index in [-0.39, 0.29) is 13.2 Å². The second kappa shape index (κ2) is 28.0. The summed E-state index contributed by atoms with van der Waals surface area (Å²) >= 11 is 0. The molecule has 0 bridgehead atoms. The van der Waals surface area contributed by atoms with Crippen LogP contribution in [0.1, 0.15) is 174 Å². The summed E-state index contributed by atoms with van der Waals surface area (Å²) in [6.45, 7) is 4.71. The van der Waals surface area contributed by atoms with E-state index < -0.39 is 33.7 Å². The standard InChI is InChI=1S/C32H62O7S/c1-3-5-7-9-11-13-15-16-17-18-20-21-23-25-27-38-31(33)29-30(40(35,36)37)32(34)39-28-26-24-22-19-14-12-10-8-6-4-2/h30H,3-29H2,1-2H3,(H,35,36,37). The van der Waals surface area contributed by atoms with Crippen molar-refractivity contribution in [1.82, 2.24) is 0 Å². The number of hydrogen-bond donors (Lipinski definition) is 1. The van der Waals surface area contributed by atoms with Gasteiger partial charge >= 0.3 is 11.9 Å². The molecule has 7 nitrogen and oxygen atoms in total. The van der Waals surface area contributed by atoms with E-state index in [0.29, 0.717) is 12.8 Å². The highest BCUT2D eigenvalue weighted by Crippen LogP contribution is 2.14. The van der Waals surface area contributed by atoms with Crippen molar-refractivity contribution >= 4 is 22.1 Å². The topological polar surface area (TPSA) is 107 Å². The Balaban J connectivity index is 3.82. The Bertz CT molecular complexity index is 693. The first-order valence-electron chi connectivity index (χ1n) is 16.6. The molecule has 238 valence electrons. The lowest BCUT2D eigenvalue weighted by Crippen LogP contribution is -2.34. The molecule has 0 aliphatic heterocycles. The summed E-state index contributed by atoms with van der Waals surface area (Å²) in [5.41, 5.74) is 0. The predicted octanol–water partition coefficient (Wildman–Crippen LogP) is 9.12. The first-order chi connectivity index (χ1) is 19.3. The second-order valence-electron chi connectivity index (χ2n) is 11.4. The van der Waals surface area contributed by atoms with Gasteiger partial charge < -0.3 is 9.47 Å². The minimum Gasteiger partial charge on any atom is -0.466 e. The molecule has 0 aliphatic carbocycles. The molecule has 0 radical (unpaired) electrons. The summed E-state index contributed by atoms with van der Waals surface area (Å²) in [5.74, 6) is -1.90. The van der Waals surface area contributed by atoms with Crippen LogP contribution in [0.2, 0.25) is 0 Å². The van der Waals surface area contributed by atoms with Crippen molar-refractivity contribution in [3.05, 3.63) is 0 Å². The molecule has 0 aromatic heterocycles. The van der Waals surface area contributed by atoms with Gasteiger partial charge in [-0.15, -0.1) is 0 Å². The Kier molecular flexibility index (Phi) is 27.2. The molecule has 0 fully saturated rings. The van der Waals surface area contributed by atoms with Crippen molar-refractivity contribution in [1.29, 1.82) is 0 Å². The van der Waals surface area contributed by atoms with Crippen LogP contribution in [-0.4, -0.2) is 43.4 Å². The maximum atomic E-state index is 12.2. The highest BCUT2D eigenvalue weighted by molar-refractivity contribution is 7.87. The minimum absolute atomic E-state index is 0.0788. The molecule has 8 heteroatoms. The van der Waals surface area contributed by atoms with E-state index in [1.54, 1.807) is 0 Å². The van der Waals surface area contributed by atoms with E-state index in [4.69, 9.17) is 9.47 Å². The summed E-state index contributed by atoms with van der Waals surface area (Å²) in [4.78, 5) is 24.3. The molecule has 40 heavy (non-hydrogen) atoms. The van der Waals surface area contributed by atoms with Crippen LogP contribution < -0.4 is 0 Å². The second-order valence-corrected chi connectivity index (χ2v) is 13.0. The predicted molar refractivity (Wildman–Crippen MR) is 164 cm³/mol. The number of esters is 2. The van der Waals surface area contributed by atoms with Gasteiger partial charge in [-0.05, 0) is 12.8 Å². The number of carbonyl (C=O) groups excluding carboxylic acids is 2. The molecule has 0 saturated heterocycles. The molecule has 1 unspecified atom stereocenters. The van der Waals surface area contributed by atoms with Crippen LogP contribution >= 0.6 is 0 Å². The van der Waals surface area contributed by atoms with Gasteiger partial charge in [0.1, 0.15) is 0 Å². The number of carbonyl (C=O) groups is 2. The van der Waals surface area contributed by atoms with E-state index >= 15 is 0 Å². The van der Waals surface area contributed by atoms with E-state index in [1.807, 2.05) is 0 Å². The van der Waals surface area contributed by atoms with Crippen LogP contribution in [-0.2, 0) is 29.2 Å². The van der Waals surface area contributed by atoms with Gasteiger partial charge in [-0.1, -0.05) is 155 Å². The van der Waals surface area contributed by atoms with Crippen molar-refractivity contribution in [3.8, 4) is 0 Å². The zero-order valence-corrected chi connectivity index (χ0v) is 26.8. The van der Waals surface area contributed by atoms with Crippen LogP contribution in [0.3, 0.4) is 0 Å². The van der Waals surface area contributed by atoms with Gasteiger partial charge in [-0.25, -0.2) is 0 Å². The SMILES string of the molecule is CCCCCCCCCCCCCCCCOC(=O)CC(C(=O)OCCCCCCCCCCCC)S(=O)(=O)O. The monoisotopic (exact) mass is 590 g/mol. The molecule has 0 amide bonds. The fourth-order valence-electron chi connectivity index (χ4n) is 4.86. The number of ether oxygens (including phenoxy) is 2. The zero-order valence-electron chi connectivity index (χ0n) is 26.0. The molecule has 0 aliphatic rings. The highest BCUT2D eigenvalue weighted by Gasteiger charge is 2.35. The lowest BCUT2D eigenvalue weighted by atomic mass is 10.0. The summed E-state index contributed by atoms with van der Waals surface area (Å²) in [5, 5.41) is -1.93. The lowest BCUT2D eigenvalue weighted by molar-refractivity contribution is -0.150. The van der Waals surface area contributed by atoms with Crippen LogP contribution in [0, 0.1) is 0 Å². The zero-order chi connectivity index (χ0) is 29.7. The van der Waals surface area contributed by atoms with Crippen LogP contribution in [0.5, 0.6) is 0 Å². The first-order valence-corrected chi connectivity index (χ1v) is 18.1. The van der Waals surface area contributed by atoms with Crippen molar-refractivity contribution in [2.45, 2.75) is 180 Å². The number of unbranched alkanes of at least 4 members (excludes halogenated alkanes) is 22. The maximum absolute atomic E-state index is 12.2. The normalized spacial score (nSPS) is 12.4. The molecular formula is C32H62O7S. The third kappa shape index (κ3) is 25.8. The molecule has 0 spiro atoms. The van der Waals surface area contributed by atoms with Crippen LogP contribution in [0.25, 0.3) is 0 Å². The lowest BCUT2D eigenvalue weighted by Gasteiger charge is -2.13. The van der Waals surface area contributed by atoms with Crippen LogP contribution in [0.4, 0.5) is 0 Å². The first kappa shape index (κ1) is 38.9. The third-order valence-electron chi connectivity index (χ3n) is 7.48. The van der Waals surface area contributed by atoms with Crippen molar-refractivity contribution < 1.29 is 32.0 Å². The smallest absolute Gasteiger partial charge is 0.327 e. The summed E-state index contributed by atoms with van der Waals surface area (Å²) in [6, 6.07) is 0. The highest BCUT2D eigenvalue weighted by atomic mass is 32.2. The van der Waals surface area contributed by atoms with Gasteiger partial charge in [0.2, 0.25) is 0 Å². The quantitative estimate of drug-likeness (QED) is 0.0505. The summed E-state index contributed by atoms with van der Waals surface area (Å²) in [7, 11) is -4.76. The van der Waals surface area contributed by atoms with Gasteiger partial charge in [-0.2, -0.15) is 8.42 Å². The van der Waals surface area contributed by atoms with Gasteiger partial charge in [0.15, 0.2) is 5.25 Å². The van der Waals surface area contributed by atoms with Crippen LogP contribution in [0.15, 0.2) is 0 Å².